The molecule has 96 valence electrons. The average molecular weight is 241 g/mol. The van der Waals surface area contributed by atoms with Crippen LogP contribution in [0.2, 0.25) is 0 Å². The molecular weight excluding hydrogens is 222 g/mol. The molecule has 6 nitrogen and oxygen atoms in total. The topological polar surface area (TPSA) is 87.7 Å². The van der Waals surface area contributed by atoms with Crippen LogP contribution in [0, 0.1) is 5.92 Å². The fraction of sp³-hybridized carbons (Fsp3) is 0.727. The summed E-state index contributed by atoms with van der Waals surface area (Å²) in [6.45, 7) is 4.50. The monoisotopic (exact) mass is 241 g/mol. The van der Waals surface area contributed by atoms with E-state index in [1.54, 1.807) is 0 Å². The first-order valence-corrected chi connectivity index (χ1v) is 6.01. The molecule has 0 aliphatic rings. The molecule has 0 amide bonds. The summed E-state index contributed by atoms with van der Waals surface area (Å²) in [7, 11) is 0. The third kappa shape index (κ3) is 3.72. The Morgan fingerprint density at radius 3 is 2.18 bits per heavy atom. The Morgan fingerprint density at radius 2 is 1.71 bits per heavy atom. The minimum Gasteiger partial charge on any atom is -0.259 e. The van der Waals surface area contributed by atoms with Crippen molar-refractivity contribution in [1.29, 1.82) is 0 Å². The summed E-state index contributed by atoms with van der Waals surface area (Å²) in [6, 6.07) is 0. The van der Waals surface area contributed by atoms with Gasteiger partial charge in [-0.15, -0.1) is 0 Å². The van der Waals surface area contributed by atoms with Crippen LogP contribution < -0.4 is 17.1 Å². The highest BCUT2D eigenvalue weighted by Crippen LogP contribution is 2.13. The second-order valence-corrected chi connectivity index (χ2v) is 4.22. The number of H-pyrrole nitrogens is 2. The Balaban J connectivity index is 2.90. The second kappa shape index (κ2) is 6.22. The number of nitrogens with zero attached hydrogens (tertiary/aromatic N) is 1. The average Bonchev–Trinajstić information content (AvgIpc) is 2.27. The van der Waals surface area contributed by atoms with E-state index in [9.17, 15) is 14.4 Å². The maximum Gasteiger partial charge on any atom is 0.333 e. The van der Waals surface area contributed by atoms with Crippen LogP contribution in [-0.2, 0) is 6.54 Å². The summed E-state index contributed by atoms with van der Waals surface area (Å²) in [5, 5.41) is 0. The predicted molar refractivity (Wildman–Crippen MR) is 65.2 cm³/mol. The molecule has 17 heavy (non-hydrogen) atoms. The van der Waals surface area contributed by atoms with Gasteiger partial charge in [0, 0.05) is 6.54 Å². The molecule has 1 aromatic heterocycles. The van der Waals surface area contributed by atoms with Crippen molar-refractivity contribution in [1.82, 2.24) is 14.5 Å². The molecule has 0 fully saturated rings. The van der Waals surface area contributed by atoms with E-state index in [1.165, 1.54) is 0 Å². The van der Waals surface area contributed by atoms with Gasteiger partial charge in [-0.2, -0.15) is 0 Å². The lowest BCUT2D eigenvalue weighted by Crippen LogP contribution is -2.44. The Morgan fingerprint density at radius 1 is 1.12 bits per heavy atom. The lowest BCUT2D eigenvalue weighted by atomic mass is 9.99. The molecule has 0 saturated heterocycles. The van der Waals surface area contributed by atoms with E-state index in [0.717, 1.165) is 30.3 Å². The molecule has 1 rings (SSSR count). The van der Waals surface area contributed by atoms with Crippen molar-refractivity contribution >= 4 is 0 Å². The lowest BCUT2D eigenvalue weighted by Gasteiger charge is -2.14. The highest BCUT2D eigenvalue weighted by atomic mass is 16.2. The second-order valence-electron chi connectivity index (χ2n) is 4.22. The van der Waals surface area contributed by atoms with Gasteiger partial charge in [-0.25, -0.2) is 19.0 Å². The number of nitrogens with one attached hydrogen (secondary N) is 2. The van der Waals surface area contributed by atoms with Gasteiger partial charge in [0.05, 0.1) is 0 Å². The van der Waals surface area contributed by atoms with Gasteiger partial charge in [0.15, 0.2) is 0 Å². The van der Waals surface area contributed by atoms with E-state index in [-0.39, 0.29) is 0 Å². The summed E-state index contributed by atoms with van der Waals surface area (Å²) in [6.07, 6.45) is 4.06. The van der Waals surface area contributed by atoms with E-state index < -0.39 is 17.1 Å². The van der Waals surface area contributed by atoms with Gasteiger partial charge >= 0.3 is 17.1 Å². The largest absolute Gasteiger partial charge is 0.333 e. The van der Waals surface area contributed by atoms with Crippen LogP contribution in [0.25, 0.3) is 0 Å². The Hall–Kier alpha value is -1.59. The molecule has 0 spiro atoms. The smallest absolute Gasteiger partial charge is 0.259 e. The van der Waals surface area contributed by atoms with Gasteiger partial charge in [0.25, 0.3) is 0 Å². The van der Waals surface area contributed by atoms with Crippen LogP contribution in [0.5, 0.6) is 0 Å². The highest BCUT2D eigenvalue weighted by Gasteiger charge is 2.10. The van der Waals surface area contributed by atoms with Gasteiger partial charge in [0.1, 0.15) is 0 Å². The van der Waals surface area contributed by atoms with Gasteiger partial charge in [-0.05, 0) is 12.3 Å². The summed E-state index contributed by atoms with van der Waals surface area (Å²) < 4.78 is 1.06. The van der Waals surface area contributed by atoms with Crippen LogP contribution in [-0.4, -0.2) is 14.5 Å². The van der Waals surface area contributed by atoms with Gasteiger partial charge < -0.3 is 0 Å². The molecule has 1 atom stereocenters. The van der Waals surface area contributed by atoms with Crippen molar-refractivity contribution < 1.29 is 0 Å². The van der Waals surface area contributed by atoms with Crippen molar-refractivity contribution in [2.75, 3.05) is 0 Å². The molecule has 0 aliphatic carbocycles. The van der Waals surface area contributed by atoms with Crippen LogP contribution >= 0.6 is 0 Å². The molecule has 0 saturated carbocycles. The molecule has 0 bridgehead atoms. The maximum atomic E-state index is 11.5. The van der Waals surface area contributed by atoms with Gasteiger partial charge in [-0.3, -0.25) is 9.97 Å². The number of aromatic amines is 2. The zero-order valence-corrected chi connectivity index (χ0v) is 10.3. The summed E-state index contributed by atoms with van der Waals surface area (Å²) in [5.74, 6) is 0.291. The molecular formula is C11H19N3O3. The van der Waals surface area contributed by atoms with E-state index in [4.69, 9.17) is 0 Å². The summed E-state index contributed by atoms with van der Waals surface area (Å²) >= 11 is 0. The SMILES string of the molecule is CCCCC(CC)Cn1c(=O)[nH]c(=O)[nH]c1=O. The van der Waals surface area contributed by atoms with Crippen molar-refractivity contribution in [3.05, 3.63) is 31.5 Å². The number of rotatable bonds is 6. The van der Waals surface area contributed by atoms with Crippen molar-refractivity contribution in [2.24, 2.45) is 5.92 Å². The van der Waals surface area contributed by atoms with E-state index >= 15 is 0 Å². The Bertz CT molecular complexity index is 477. The Labute approximate surface area is 98.7 Å². The number of unbranched alkanes of at least 4 members (excludes halogenated alkanes) is 1. The first kappa shape index (κ1) is 13.5. The van der Waals surface area contributed by atoms with Crippen LogP contribution in [0.3, 0.4) is 0 Å². The minimum absolute atomic E-state index is 0.291. The first-order chi connectivity index (χ1) is 8.08. The van der Waals surface area contributed by atoms with Crippen molar-refractivity contribution in [3.8, 4) is 0 Å². The summed E-state index contributed by atoms with van der Waals surface area (Å²) in [4.78, 5) is 37.9. The molecule has 2 N–H and O–H groups in total. The normalized spacial score (nSPS) is 12.6. The predicted octanol–water partition coefficient (Wildman–Crippen LogP) is 0.441. The zero-order valence-electron chi connectivity index (χ0n) is 10.3. The quantitative estimate of drug-likeness (QED) is 0.757. The third-order valence-electron chi connectivity index (χ3n) is 2.92. The zero-order chi connectivity index (χ0) is 12.8. The maximum absolute atomic E-state index is 11.5. The van der Waals surface area contributed by atoms with Crippen LogP contribution in [0.4, 0.5) is 0 Å². The first-order valence-electron chi connectivity index (χ1n) is 6.01. The fourth-order valence-electron chi connectivity index (χ4n) is 1.79. The van der Waals surface area contributed by atoms with Crippen molar-refractivity contribution in [3.63, 3.8) is 0 Å². The molecule has 1 heterocycles. The molecule has 1 unspecified atom stereocenters. The number of hydrogen-bond acceptors (Lipinski definition) is 3. The van der Waals surface area contributed by atoms with Gasteiger partial charge in [-0.1, -0.05) is 33.1 Å². The Kier molecular flexibility index (Phi) is 4.93. The third-order valence-corrected chi connectivity index (χ3v) is 2.92. The molecule has 6 heteroatoms. The molecule has 0 aliphatic heterocycles. The van der Waals surface area contributed by atoms with E-state index in [2.05, 4.69) is 16.9 Å². The van der Waals surface area contributed by atoms with Crippen molar-refractivity contribution in [2.45, 2.75) is 46.1 Å². The van der Waals surface area contributed by atoms with Crippen LogP contribution in [0.15, 0.2) is 14.4 Å². The fourth-order valence-corrected chi connectivity index (χ4v) is 1.79. The molecule has 0 aromatic carbocycles. The van der Waals surface area contributed by atoms with E-state index in [0.29, 0.717) is 12.5 Å². The van der Waals surface area contributed by atoms with Gasteiger partial charge in [0.2, 0.25) is 0 Å². The standard InChI is InChI=1S/C11H19N3O3/c1-3-5-6-8(4-2)7-14-10(16)12-9(15)13-11(14)17/h8H,3-7H2,1-2H3,(H2,12,13,15,16,17). The summed E-state index contributed by atoms with van der Waals surface area (Å²) in [5.41, 5.74) is -2.01. The lowest BCUT2D eigenvalue weighted by molar-refractivity contribution is 0.372. The van der Waals surface area contributed by atoms with Crippen LogP contribution in [0.1, 0.15) is 39.5 Å². The van der Waals surface area contributed by atoms with E-state index in [1.807, 2.05) is 6.92 Å². The number of hydrogen-bond donors (Lipinski definition) is 2. The minimum atomic E-state index is -0.752. The number of aromatic nitrogens is 3. The molecule has 1 aromatic rings. The highest BCUT2D eigenvalue weighted by molar-refractivity contribution is 4.71. The molecule has 0 radical (unpaired) electrons.